The van der Waals surface area contributed by atoms with Gasteiger partial charge in [-0.15, -0.1) is 0 Å². The molecule has 2 saturated heterocycles. The molecule has 1 N–H and O–H groups in total. The van der Waals surface area contributed by atoms with E-state index in [1.165, 1.54) is 0 Å². The van der Waals surface area contributed by atoms with Crippen molar-refractivity contribution in [1.82, 2.24) is 9.80 Å². The van der Waals surface area contributed by atoms with Crippen LogP contribution >= 0.6 is 0 Å². The second kappa shape index (κ2) is 6.26. The van der Waals surface area contributed by atoms with Gasteiger partial charge in [0, 0.05) is 32.1 Å². The molecule has 2 aliphatic heterocycles. The van der Waals surface area contributed by atoms with E-state index < -0.39 is 11.9 Å². The second-order valence-electron chi connectivity index (χ2n) is 6.86. The Kier molecular flexibility index (Phi) is 4.36. The summed E-state index contributed by atoms with van der Waals surface area (Å²) in [5.41, 5.74) is 0. The van der Waals surface area contributed by atoms with Crippen molar-refractivity contribution in [3.63, 3.8) is 0 Å². The molecular weight excluding hydrogens is 284 g/mol. The minimum absolute atomic E-state index is 0.0410. The largest absolute Gasteiger partial charge is 0.481 e. The zero-order valence-electron chi connectivity index (χ0n) is 12.9. The first-order chi connectivity index (χ1) is 10.6. The van der Waals surface area contributed by atoms with Gasteiger partial charge in [-0.3, -0.25) is 14.4 Å². The lowest BCUT2D eigenvalue weighted by Crippen LogP contribution is -2.50. The summed E-state index contributed by atoms with van der Waals surface area (Å²) in [6.07, 6.45) is 5.05. The Morgan fingerprint density at radius 2 is 1.23 bits per heavy atom. The van der Waals surface area contributed by atoms with E-state index in [2.05, 4.69) is 0 Å². The van der Waals surface area contributed by atoms with Crippen LogP contribution in [0, 0.1) is 17.8 Å². The van der Waals surface area contributed by atoms with Crippen molar-refractivity contribution < 1.29 is 19.5 Å². The monoisotopic (exact) mass is 308 g/mol. The van der Waals surface area contributed by atoms with E-state index in [0.717, 1.165) is 38.6 Å². The maximum absolute atomic E-state index is 12.7. The van der Waals surface area contributed by atoms with Crippen molar-refractivity contribution in [2.45, 2.75) is 38.5 Å². The maximum Gasteiger partial charge on any atom is 0.308 e. The highest BCUT2D eigenvalue weighted by Gasteiger charge is 2.38. The topological polar surface area (TPSA) is 77.9 Å². The molecule has 0 spiro atoms. The predicted molar refractivity (Wildman–Crippen MR) is 79.0 cm³/mol. The average Bonchev–Trinajstić information content (AvgIpc) is 3.38. The molecule has 0 aromatic carbocycles. The van der Waals surface area contributed by atoms with Gasteiger partial charge in [0.1, 0.15) is 0 Å². The quantitative estimate of drug-likeness (QED) is 0.842. The third kappa shape index (κ3) is 3.25. The SMILES string of the molecule is O=C(O)[C@H]1CCCN(C(=O)[C@H]2CCCN(C(=O)C3CC3)C2)C1. The van der Waals surface area contributed by atoms with E-state index in [1.807, 2.05) is 4.90 Å². The normalized spacial score (nSPS) is 29.3. The van der Waals surface area contributed by atoms with Crippen LogP contribution in [0.3, 0.4) is 0 Å². The highest BCUT2D eigenvalue weighted by atomic mass is 16.4. The van der Waals surface area contributed by atoms with E-state index in [1.54, 1.807) is 4.90 Å². The molecule has 3 fully saturated rings. The van der Waals surface area contributed by atoms with Crippen molar-refractivity contribution in [2.24, 2.45) is 17.8 Å². The fourth-order valence-corrected chi connectivity index (χ4v) is 3.60. The zero-order valence-corrected chi connectivity index (χ0v) is 12.9. The van der Waals surface area contributed by atoms with Gasteiger partial charge in [0.05, 0.1) is 11.8 Å². The number of carboxylic acid groups (broad SMARTS) is 1. The third-order valence-electron chi connectivity index (χ3n) is 5.09. The summed E-state index contributed by atoms with van der Waals surface area (Å²) < 4.78 is 0. The number of amides is 2. The molecule has 3 aliphatic rings. The minimum atomic E-state index is -0.813. The fourth-order valence-electron chi connectivity index (χ4n) is 3.60. The van der Waals surface area contributed by atoms with Crippen molar-refractivity contribution in [3.05, 3.63) is 0 Å². The number of piperidine rings is 2. The minimum Gasteiger partial charge on any atom is -0.481 e. The molecule has 0 unspecified atom stereocenters. The molecule has 6 nitrogen and oxygen atoms in total. The first-order valence-electron chi connectivity index (χ1n) is 8.36. The van der Waals surface area contributed by atoms with Gasteiger partial charge in [-0.2, -0.15) is 0 Å². The van der Waals surface area contributed by atoms with Crippen LogP contribution in [-0.2, 0) is 14.4 Å². The van der Waals surface area contributed by atoms with E-state index in [9.17, 15) is 14.4 Å². The number of rotatable bonds is 3. The molecule has 0 bridgehead atoms. The molecule has 22 heavy (non-hydrogen) atoms. The Labute approximate surface area is 130 Å². The van der Waals surface area contributed by atoms with E-state index >= 15 is 0 Å². The number of hydrogen-bond acceptors (Lipinski definition) is 3. The van der Waals surface area contributed by atoms with Crippen LogP contribution < -0.4 is 0 Å². The van der Waals surface area contributed by atoms with Crippen LogP contribution in [0.5, 0.6) is 0 Å². The van der Waals surface area contributed by atoms with Crippen LogP contribution in [0.2, 0.25) is 0 Å². The number of aliphatic carboxylic acids is 1. The van der Waals surface area contributed by atoms with Crippen molar-refractivity contribution >= 4 is 17.8 Å². The smallest absolute Gasteiger partial charge is 0.308 e. The van der Waals surface area contributed by atoms with Crippen LogP contribution in [0.15, 0.2) is 0 Å². The number of carbonyl (C=O) groups excluding carboxylic acids is 2. The van der Waals surface area contributed by atoms with Crippen LogP contribution in [-0.4, -0.2) is 58.9 Å². The van der Waals surface area contributed by atoms with Gasteiger partial charge >= 0.3 is 5.97 Å². The maximum atomic E-state index is 12.7. The van der Waals surface area contributed by atoms with Crippen molar-refractivity contribution in [3.8, 4) is 0 Å². The van der Waals surface area contributed by atoms with Crippen LogP contribution in [0.4, 0.5) is 0 Å². The Hall–Kier alpha value is -1.59. The van der Waals surface area contributed by atoms with E-state index in [4.69, 9.17) is 5.11 Å². The molecule has 6 heteroatoms. The number of carbonyl (C=O) groups is 3. The van der Waals surface area contributed by atoms with Crippen LogP contribution in [0.1, 0.15) is 38.5 Å². The lowest BCUT2D eigenvalue weighted by molar-refractivity contribution is -0.147. The first kappa shape index (κ1) is 15.3. The first-order valence-corrected chi connectivity index (χ1v) is 8.36. The predicted octanol–water partition coefficient (Wildman–Crippen LogP) is 0.958. The summed E-state index contributed by atoms with van der Waals surface area (Å²) in [5, 5.41) is 9.14. The van der Waals surface area contributed by atoms with Gasteiger partial charge in [0.15, 0.2) is 0 Å². The summed E-state index contributed by atoms with van der Waals surface area (Å²) in [6.45, 7) is 2.25. The fraction of sp³-hybridized carbons (Fsp3) is 0.812. The van der Waals surface area contributed by atoms with Crippen molar-refractivity contribution in [2.75, 3.05) is 26.2 Å². The highest BCUT2D eigenvalue weighted by Crippen LogP contribution is 2.33. The van der Waals surface area contributed by atoms with Crippen molar-refractivity contribution in [1.29, 1.82) is 0 Å². The molecule has 0 radical (unpaired) electrons. The number of nitrogens with zero attached hydrogens (tertiary/aromatic N) is 2. The van der Waals surface area contributed by atoms with Gasteiger partial charge < -0.3 is 14.9 Å². The molecule has 0 aromatic rings. The summed E-state index contributed by atoms with van der Waals surface area (Å²) in [4.78, 5) is 39.5. The average molecular weight is 308 g/mol. The third-order valence-corrected chi connectivity index (χ3v) is 5.09. The van der Waals surface area contributed by atoms with Gasteiger partial charge in [0.25, 0.3) is 0 Å². The molecule has 2 amide bonds. The number of hydrogen-bond donors (Lipinski definition) is 1. The lowest BCUT2D eigenvalue weighted by Gasteiger charge is -2.37. The van der Waals surface area contributed by atoms with E-state index in [-0.39, 0.29) is 23.7 Å². The Morgan fingerprint density at radius 1 is 0.727 bits per heavy atom. The standard InChI is InChI=1S/C16H24N2O4/c19-14(11-5-6-11)17-7-1-3-12(9-17)15(20)18-8-2-4-13(10-18)16(21)22/h11-13H,1-10H2,(H,21,22)/t12-,13-/m0/s1. The Bertz CT molecular complexity index is 475. The van der Waals surface area contributed by atoms with Gasteiger partial charge in [-0.1, -0.05) is 0 Å². The zero-order chi connectivity index (χ0) is 15.7. The molecule has 1 saturated carbocycles. The van der Waals surface area contributed by atoms with Gasteiger partial charge in [-0.25, -0.2) is 0 Å². The molecule has 122 valence electrons. The molecular formula is C16H24N2O4. The highest BCUT2D eigenvalue weighted by molar-refractivity contribution is 5.84. The van der Waals surface area contributed by atoms with Gasteiger partial charge in [-0.05, 0) is 38.5 Å². The summed E-state index contributed by atoms with van der Waals surface area (Å²) in [6, 6.07) is 0. The number of carboxylic acids is 1. The van der Waals surface area contributed by atoms with E-state index in [0.29, 0.717) is 26.1 Å². The molecule has 2 heterocycles. The molecule has 2 atom stereocenters. The summed E-state index contributed by atoms with van der Waals surface area (Å²) in [5.74, 6) is -0.958. The Balaban J connectivity index is 1.58. The number of likely N-dealkylation sites (tertiary alicyclic amines) is 2. The molecule has 1 aliphatic carbocycles. The second-order valence-corrected chi connectivity index (χ2v) is 6.86. The van der Waals surface area contributed by atoms with Crippen LogP contribution in [0.25, 0.3) is 0 Å². The molecule has 0 aromatic heterocycles. The Morgan fingerprint density at radius 3 is 1.77 bits per heavy atom. The molecule has 3 rings (SSSR count). The lowest BCUT2D eigenvalue weighted by atomic mass is 9.93. The summed E-state index contributed by atoms with van der Waals surface area (Å²) in [7, 11) is 0. The van der Waals surface area contributed by atoms with Gasteiger partial charge in [0.2, 0.25) is 11.8 Å². The summed E-state index contributed by atoms with van der Waals surface area (Å²) >= 11 is 0.